The molecule has 2 aliphatic rings. The first-order chi connectivity index (χ1) is 11.3. The zero-order valence-corrected chi connectivity index (χ0v) is 13.5. The van der Waals surface area contributed by atoms with Crippen molar-refractivity contribution in [3.63, 3.8) is 0 Å². The van der Waals surface area contributed by atoms with Crippen LogP contribution in [0.25, 0.3) is 0 Å². The van der Waals surface area contributed by atoms with Gasteiger partial charge in [-0.1, -0.05) is 36.4 Å². The van der Waals surface area contributed by atoms with Gasteiger partial charge in [0, 0.05) is 18.7 Å². The smallest absolute Gasteiger partial charge is 0.249 e. The molecule has 4 nitrogen and oxygen atoms in total. The number of amides is 2. The Hall–Kier alpha value is -2.10. The predicted octanol–water partition coefficient (Wildman–Crippen LogP) is 2.97. The summed E-state index contributed by atoms with van der Waals surface area (Å²) in [6.07, 6.45) is 8.06. The van der Waals surface area contributed by atoms with Crippen molar-refractivity contribution in [1.29, 1.82) is 0 Å². The molecular weight excluding hydrogens is 288 g/mol. The number of carbonyl (C=O) groups excluding carboxylic acids is 2. The summed E-state index contributed by atoms with van der Waals surface area (Å²) in [5, 5.41) is 2.97. The highest BCUT2D eigenvalue weighted by molar-refractivity contribution is 5.97. The van der Waals surface area contributed by atoms with E-state index in [1.54, 1.807) is 0 Å². The Morgan fingerprint density at radius 3 is 2.39 bits per heavy atom. The zero-order chi connectivity index (χ0) is 16.1. The van der Waals surface area contributed by atoms with Crippen LogP contribution in [-0.2, 0) is 9.59 Å². The minimum absolute atomic E-state index is 0.0165. The van der Waals surface area contributed by atoms with Gasteiger partial charge < -0.3 is 10.2 Å². The third-order valence-electron chi connectivity index (χ3n) is 4.66. The second-order valence-corrected chi connectivity index (χ2v) is 6.32. The van der Waals surface area contributed by atoms with Crippen LogP contribution in [0.5, 0.6) is 0 Å². The summed E-state index contributed by atoms with van der Waals surface area (Å²) in [7, 11) is 0. The first kappa shape index (κ1) is 15.8. The molecule has 122 valence electrons. The van der Waals surface area contributed by atoms with Gasteiger partial charge in [0.05, 0.1) is 0 Å². The molecule has 1 aromatic carbocycles. The number of nitrogens with one attached hydrogen (secondary N) is 1. The number of likely N-dealkylation sites (tertiary alicyclic amines) is 1. The summed E-state index contributed by atoms with van der Waals surface area (Å²) in [4.78, 5) is 27.3. The van der Waals surface area contributed by atoms with Crippen molar-refractivity contribution >= 4 is 11.8 Å². The van der Waals surface area contributed by atoms with Crippen molar-refractivity contribution in [3.8, 4) is 0 Å². The molecule has 1 unspecified atom stereocenters. The van der Waals surface area contributed by atoms with E-state index < -0.39 is 6.04 Å². The van der Waals surface area contributed by atoms with Gasteiger partial charge in [0.15, 0.2) is 0 Å². The Morgan fingerprint density at radius 2 is 1.74 bits per heavy atom. The molecule has 1 aliphatic heterocycles. The number of piperidine rings is 1. The molecule has 1 heterocycles. The highest BCUT2D eigenvalue weighted by Crippen LogP contribution is 2.22. The summed E-state index contributed by atoms with van der Waals surface area (Å²) in [6, 6.07) is 8.99. The summed E-state index contributed by atoms with van der Waals surface area (Å²) in [6.45, 7) is 1.58. The number of benzene rings is 1. The summed E-state index contributed by atoms with van der Waals surface area (Å²) >= 11 is 0. The largest absolute Gasteiger partial charge is 0.341 e. The standard InChI is InChI=1S/C19H24N2O2/c22-18(16-11-5-6-12-16)20-17(15-9-3-1-4-10-15)19(23)21-13-7-2-8-14-21/h1,3-4,9-11,17H,2,5-8,12-14H2,(H,20,22). The molecule has 1 N–H and O–H groups in total. The fourth-order valence-electron chi connectivity index (χ4n) is 3.33. The van der Waals surface area contributed by atoms with Crippen LogP contribution in [0.1, 0.15) is 50.1 Å². The van der Waals surface area contributed by atoms with Crippen LogP contribution in [0, 0.1) is 0 Å². The summed E-state index contributed by atoms with van der Waals surface area (Å²) < 4.78 is 0. The topological polar surface area (TPSA) is 49.4 Å². The fourth-order valence-corrected chi connectivity index (χ4v) is 3.33. The molecule has 0 saturated carbocycles. The summed E-state index contributed by atoms with van der Waals surface area (Å²) in [5.41, 5.74) is 1.67. The van der Waals surface area contributed by atoms with Gasteiger partial charge in [0.2, 0.25) is 11.8 Å². The van der Waals surface area contributed by atoms with Crippen molar-refractivity contribution in [2.24, 2.45) is 0 Å². The molecule has 1 aliphatic carbocycles. The lowest BCUT2D eigenvalue weighted by Crippen LogP contribution is -2.45. The highest BCUT2D eigenvalue weighted by Gasteiger charge is 2.29. The number of rotatable bonds is 4. The van der Waals surface area contributed by atoms with Crippen LogP contribution in [0.2, 0.25) is 0 Å². The quantitative estimate of drug-likeness (QED) is 0.929. The van der Waals surface area contributed by atoms with E-state index >= 15 is 0 Å². The van der Waals surface area contributed by atoms with E-state index in [-0.39, 0.29) is 11.8 Å². The Balaban J connectivity index is 1.78. The van der Waals surface area contributed by atoms with E-state index in [1.165, 1.54) is 6.42 Å². The van der Waals surface area contributed by atoms with Crippen LogP contribution >= 0.6 is 0 Å². The number of carbonyl (C=O) groups is 2. The van der Waals surface area contributed by atoms with E-state index in [4.69, 9.17) is 0 Å². The van der Waals surface area contributed by atoms with Crippen LogP contribution < -0.4 is 5.32 Å². The maximum absolute atomic E-state index is 12.9. The van der Waals surface area contributed by atoms with Crippen molar-refractivity contribution in [2.75, 3.05) is 13.1 Å². The van der Waals surface area contributed by atoms with Crippen molar-refractivity contribution in [1.82, 2.24) is 10.2 Å². The van der Waals surface area contributed by atoms with E-state index in [1.807, 2.05) is 41.3 Å². The van der Waals surface area contributed by atoms with E-state index in [2.05, 4.69) is 5.32 Å². The first-order valence-corrected chi connectivity index (χ1v) is 8.59. The minimum Gasteiger partial charge on any atom is -0.341 e. The minimum atomic E-state index is -0.580. The van der Waals surface area contributed by atoms with E-state index in [0.717, 1.165) is 56.3 Å². The lowest BCUT2D eigenvalue weighted by molar-refractivity contribution is -0.136. The Kier molecular flexibility index (Phi) is 5.11. The van der Waals surface area contributed by atoms with Crippen LogP contribution in [0.15, 0.2) is 42.0 Å². The molecule has 1 atom stereocenters. The monoisotopic (exact) mass is 312 g/mol. The van der Waals surface area contributed by atoms with Gasteiger partial charge in [-0.3, -0.25) is 9.59 Å². The van der Waals surface area contributed by atoms with Crippen LogP contribution in [0.3, 0.4) is 0 Å². The molecule has 3 rings (SSSR count). The second kappa shape index (κ2) is 7.44. The van der Waals surface area contributed by atoms with E-state index in [0.29, 0.717) is 0 Å². The van der Waals surface area contributed by atoms with Crippen molar-refractivity contribution < 1.29 is 9.59 Å². The number of nitrogens with zero attached hydrogens (tertiary/aromatic N) is 1. The van der Waals surface area contributed by atoms with Crippen molar-refractivity contribution in [3.05, 3.63) is 47.5 Å². The molecule has 0 bridgehead atoms. The summed E-state index contributed by atoms with van der Waals surface area (Å²) in [5.74, 6) is -0.0791. The number of hydrogen-bond acceptors (Lipinski definition) is 2. The molecule has 0 spiro atoms. The average molecular weight is 312 g/mol. The molecule has 1 aromatic rings. The van der Waals surface area contributed by atoms with E-state index in [9.17, 15) is 9.59 Å². The molecule has 1 saturated heterocycles. The lowest BCUT2D eigenvalue weighted by Gasteiger charge is -2.31. The van der Waals surface area contributed by atoms with Gasteiger partial charge >= 0.3 is 0 Å². The molecule has 2 amide bonds. The van der Waals surface area contributed by atoms with Gasteiger partial charge in [0.25, 0.3) is 0 Å². The molecule has 0 radical (unpaired) electrons. The normalized spacial score (nSPS) is 19.1. The molecule has 4 heteroatoms. The average Bonchev–Trinajstić information content (AvgIpc) is 3.15. The highest BCUT2D eigenvalue weighted by atomic mass is 16.2. The van der Waals surface area contributed by atoms with Gasteiger partial charge in [-0.2, -0.15) is 0 Å². The molecule has 0 aromatic heterocycles. The fraction of sp³-hybridized carbons (Fsp3) is 0.474. The molecule has 23 heavy (non-hydrogen) atoms. The Bertz CT molecular complexity index is 589. The van der Waals surface area contributed by atoms with Crippen LogP contribution in [0.4, 0.5) is 0 Å². The van der Waals surface area contributed by atoms with Gasteiger partial charge in [-0.25, -0.2) is 0 Å². The van der Waals surface area contributed by atoms with Crippen molar-refractivity contribution in [2.45, 2.75) is 44.6 Å². The lowest BCUT2D eigenvalue weighted by atomic mass is 10.0. The Morgan fingerprint density at radius 1 is 1.00 bits per heavy atom. The maximum atomic E-state index is 12.9. The van der Waals surface area contributed by atoms with Gasteiger partial charge in [-0.15, -0.1) is 0 Å². The van der Waals surface area contributed by atoms with Crippen LogP contribution in [-0.4, -0.2) is 29.8 Å². The molecular formula is C19H24N2O2. The second-order valence-electron chi connectivity index (χ2n) is 6.32. The van der Waals surface area contributed by atoms with Gasteiger partial charge in [0.1, 0.15) is 6.04 Å². The predicted molar refractivity (Wildman–Crippen MR) is 89.7 cm³/mol. The third-order valence-corrected chi connectivity index (χ3v) is 4.66. The zero-order valence-electron chi connectivity index (χ0n) is 13.5. The third kappa shape index (κ3) is 3.81. The number of allylic oxidation sites excluding steroid dienone is 1. The maximum Gasteiger partial charge on any atom is 0.249 e. The first-order valence-electron chi connectivity index (χ1n) is 8.59. The SMILES string of the molecule is O=C(NC(C(=O)N1CCCCC1)c1ccccc1)C1=CCCC1. The number of hydrogen-bond donors (Lipinski definition) is 1. The Labute approximate surface area is 137 Å². The molecule has 1 fully saturated rings. The van der Waals surface area contributed by atoms with Gasteiger partial charge in [-0.05, 0) is 44.1 Å².